The van der Waals surface area contributed by atoms with E-state index in [0.29, 0.717) is 30.8 Å². The van der Waals surface area contributed by atoms with Crippen molar-refractivity contribution in [3.05, 3.63) is 65.9 Å². The van der Waals surface area contributed by atoms with Gasteiger partial charge in [0.2, 0.25) is 15.9 Å². The van der Waals surface area contributed by atoms with Gasteiger partial charge in [-0.25, -0.2) is 8.42 Å². The number of sulfonamides is 1. The molecule has 31 heavy (non-hydrogen) atoms. The van der Waals surface area contributed by atoms with Crippen LogP contribution in [0.1, 0.15) is 30.1 Å². The highest BCUT2D eigenvalue weighted by Gasteiger charge is 2.36. The van der Waals surface area contributed by atoms with Gasteiger partial charge in [0.25, 0.3) is 0 Å². The molecular formula is C22H23N3O5S. The number of carbonyl (C=O) groups is 1. The zero-order chi connectivity index (χ0) is 21.8. The summed E-state index contributed by atoms with van der Waals surface area (Å²) in [5.41, 5.74) is 0.961. The van der Waals surface area contributed by atoms with Gasteiger partial charge in [-0.3, -0.25) is 4.79 Å². The Balaban J connectivity index is 1.53. The summed E-state index contributed by atoms with van der Waals surface area (Å²) in [7, 11) is -3.90. The maximum Gasteiger partial charge on any atom is 0.248 e. The minimum Gasteiger partial charge on any atom is -0.465 e. The number of aryl methyl sites for hydroxylation is 1. The fraction of sp³-hybridized carbons (Fsp3) is 0.273. The third-order valence-electron chi connectivity index (χ3n) is 5.17. The van der Waals surface area contributed by atoms with E-state index in [9.17, 15) is 13.2 Å². The van der Waals surface area contributed by atoms with Crippen LogP contribution in [0, 0.1) is 12.8 Å². The normalized spacial score (nSPS) is 17.8. The summed E-state index contributed by atoms with van der Waals surface area (Å²) in [5.74, 6) is 0.0647. The van der Waals surface area contributed by atoms with Crippen molar-refractivity contribution < 1.29 is 22.2 Å². The molecule has 1 aliphatic heterocycles. The van der Waals surface area contributed by atoms with Gasteiger partial charge >= 0.3 is 0 Å². The number of anilines is 1. The molecule has 1 saturated heterocycles. The number of rotatable bonds is 6. The van der Waals surface area contributed by atoms with Gasteiger partial charge in [0.05, 0.1) is 12.2 Å². The Labute approximate surface area is 180 Å². The highest BCUT2D eigenvalue weighted by molar-refractivity contribution is 7.89. The maximum absolute atomic E-state index is 13.4. The van der Waals surface area contributed by atoms with Crippen LogP contribution in [0.4, 0.5) is 5.69 Å². The zero-order valence-corrected chi connectivity index (χ0v) is 17.8. The topological polar surface area (TPSA) is 106 Å². The van der Waals surface area contributed by atoms with Gasteiger partial charge in [0, 0.05) is 18.8 Å². The van der Waals surface area contributed by atoms with Crippen LogP contribution in [-0.2, 0) is 14.8 Å². The van der Waals surface area contributed by atoms with Gasteiger partial charge in [-0.2, -0.15) is 4.31 Å². The predicted molar refractivity (Wildman–Crippen MR) is 115 cm³/mol. The van der Waals surface area contributed by atoms with Gasteiger partial charge in [-0.05, 0) is 56.2 Å². The molecule has 2 aromatic heterocycles. The van der Waals surface area contributed by atoms with Crippen LogP contribution in [0.25, 0.3) is 12.2 Å². The van der Waals surface area contributed by atoms with Gasteiger partial charge in [-0.15, -0.1) is 0 Å². The summed E-state index contributed by atoms with van der Waals surface area (Å²) in [6.07, 6.45) is 5.88. The van der Waals surface area contributed by atoms with Crippen molar-refractivity contribution in [1.29, 1.82) is 0 Å². The SMILES string of the molecule is Cc1noc(/C=C/c2ccco2)c1S(=O)(=O)N1CCC[C@H](C(=O)Nc2ccccc2)C1. The van der Waals surface area contributed by atoms with E-state index in [1.165, 1.54) is 16.6 Å². The van der Waals surface area contributed by atoms with Crippen LogP contribution in [-0.4, -0.2) is 36.9 Å². The maximum atomic E-state index is 13.4. The number of carbonyl (C=O) groups excluding carboxylic acids is 1. The van der Waals surface area contributed by atoms with Crippen LogP contribution in [0.3, 0.4) is 0 Å². The molecule has 0 radical (unpaired) electrons. The lowest BCUT2D eigenvalue weighted by molar-refractivity contribution is -0.120. The van der Waals surface area contributed by atoms with E-state index in [4.69, 9.17) is 8.94 Å². The molecule has 3 heterocycles. The van der Waals surface area contributed by atoms with Gasteiger partial charge in [0.1, 0.15) is 11.5 Å². The first kappa shape index (κ1) is 21.1. The molecule has 8 nitrogen and oxygen atoms in total. The molecule has 1 N–H and O–H groups in total. The Morgan fingerprint density at radius 3 is 2.74 bits per heavy atom. The van der Waals surface area contributed by atoms with E-state index < -0.39 is 15.9 Å². The third kappa shape index (κ3) is 4.62. The number of nitrogens with zero attached hydrogens (tertiary/aromatic N) is 2. The van der Waals surface area contributed by atoms with Crippen molar-refractivity contribution >= 4 is 33.8 Å². The highest BCUT2D eigenvalue weighted by Crippen LogP contribution is 2.29. The number of piperidine rings is 1. The fourth-order valence-corrected chi connectivity index (χ4v) is 5.39. The first-order valence-electron chi connectivity index (χ1n) is 9.99. The summed E-state index contributed by atoms with van der Waals surface area (Å²) in [4.78, 5) is 12.7. The summed E-state index contributed by atoms with van der Waals surface area (Å²) < 4.78 is 38.7. The van der Waals surface area contributed by atoms with Gasteiger partial charge in [-0.1, -0.05) is 23.4 Å². The monoisotopic (exact) mass is 441 g/mol. The van der Waals surface area contributed by atoms with E-state index in [1.54, 1.807) is 37.3 Å². The van der Waals surface area contributed by atoms with Crippen molar-refractivity contribution in [3.63, 3.8) is 0 Å². The van der Waals surface area contributed by atoms with Crippen LogP contribution >= 0.6 is 0 Å². The van der Waals surface area contributed by atoms with Crippen molar-refractivity contribution in [2.45, 2.75) is 24.7 Å². The minimum absolute atomic E-state index is 0.0134. The smallest absolute Gasteiger partial charge is 0.248 e. The van der Waals surface area contributed by atoms with Crippen molar-refractivity contribution in [2.24, 2.45) is 5.92 Å². The first-order chi connectivity index (χ1) is 14.9. The van der Waals surface area contributed by atoms with Gasteiger partial charge in [0.15, 0.2) is 10.7 Å². The molecule has 4 rings (SSSR count). The Hall–Kier alpha value is -3.17. The van der Waals surface area contributed by atoms with Crippen LogP contribution < -0.4 is 5.32 Å². The van der Waals surface area contributed by atoms with Crippen molar-refractivity contribution in [2.75, 3.05) is 18.4 Å². The quantitative estimate of drug-likeness (QED) is 0.624. The second-order valence-corrected chi connectivity index (χ2v) is 9.24. The number of para-hydroxylation sites is 1. The molecule has 1 atom stereocenters. The molecule has 1 amide bonds. The number of hydrogen-bond donors (Lipinski definition) is 1. The standard InChI is InChI=1S/C22H23N3O5S/c1-16-21(20(30-24-16)12-11-19-10-6-14-29-19)31(27,28)25-13-5-7-17(15-25)22(26)23-18-8-3-2-4-9-18/h2-4,6,8-12,14,17H,5,7,13,15H2,1H3,(H,23,26)/b12-11+/t17-/m0/s1. The van der Waals surface area contributed by atoms with Crippen molar-refractivity contribution in [1.82, 2.24) is 9.46 Å². The molecule has 0 bridgehead atoms. The third-order valence-corrected chi connectivity index (χ3v) is 7.19. The van der Waals surface area contributed by atoms with E-state index in [1.807, 2.05) is 18.2 Å². The summed E-state index contributed by atoms with van der Waals surface area (Å²) in [6.45, 7) is 2.03. The largest absolute Gasteiger partial charge is 0.465 e. The Kier molecular flexibility index (Phi) is 6.06. The fourth-order valence-electron chi connectivity index (χ4n) is 3.61. The average molecular weight is 442 g/mol. The molecule has 1 aromatic carbocycles. The molecule has 162 valence electrons. The summed E-state index contributed by atoms with van der Waals surface area (Å²) >= 11 is 0. The molecule has 3 aromatic rings. The number of aromatic nitrogens is 1. The van der Waals surface area contributed by atoms with Crippen LogP contribution in [0.15, 0.2) is 62.6 Å². The van der Waals surface area contributed by atoms with Gasteiger partial charge < -0.3 is 14.3 Å². The number of benzene rings is 1. The highest BCUT2D eigenvalue weighted by atomic mass is 32.2. The number of amides is 1. The molecule has 1 fully saturated rings. The predicted octanol–water partition coefficient (Wildman–Crippen LogP) is 3.79. The Morgan fingerprint density at radius 2 is 2.00 bits per heavy atom. The number of furan rings is 1. The molecular weight excluding hydrogens is 418 g/mol. The van der Waals surface area contributed by atoms with E-state index in [2.05, 4.69) is 10.5 Å². The molecule has 0 saturated carbocycles. The minimum atomic E-state index is -3.90. The Morgan fingerprint density at radius 1 is 1.19 bits per heavy atom. The van der Waals surface area contributed by atoms with Crippen LogP contribution in [0.5, 0.6) is 0 Å². The number of hydrogen-bond acceptors (Lipinski definition) is 6. The molecule has 0 spiro atoms. The lowest BCUT2D eigenvalue weighted by Gasteiger charge is -2.31. The van der Waals surface area contributed by atoms with Crippen molar-refractivity contribution in [3.8, 4) is 0 Å². The summed E-state index contributed by atoms with van der Waals surface area (Å²) in [6, 6.07) is 12.6. The van der Waals surface area contributed by atoms with E-state index >= 15 is 0 Å². The lowest BCUT2D eigenvalue weighted by atomic mass is 9.99. The molecule has 9 heteroatoms. The lowest BCUT2D eigenvalue weighted by Crippen LogP contribution is -2.43. The van der Waals surface area contributed by atoms with Crippen LogP contribution in [0.2, 0.25) is 0 Å². The van der Waals surface area contributed by atoms with E-state index in [-0.39, 0.29) is 28.8 Å². The zero-order valence-electron chi connectivity index (χ0n) is 17.0. The first-order valence-corrected chi connectivity index (χ1v) is 11.4. The Bertz CT molecular complexity index is 1170. The second-order valence-electron chi connectivity index (χ2n) is 7.37. The second kappa shape index (κ2) is 8.91. The molecule has 1 aliphatic rings. The summed E-state index contributed by atoms with van der Waals surface area (Å²) in [5, 5.41) is 6.71. The van der Waals surface area contributed by atoms with E-state index in [0.717, 1.165) is 0 Å². The number of nitrogens with one attached hydrogen (secondary N) is 1. The molecule has 0 unspecified atom stereocenters. The average Bonchev–Trinajstić information content (AvgIpc) is 3.42. The molecule has 0 aliphatic carbocycles.